The Balaban J connectivity index is 1.39. The molecule has 1 N–H and O–H groups in total. The monoisotopic (exact) mass is 416 g/mol. The van der Waals surface area contributed by atoms with Crippen LogP contribution in [0.15, 0.2) is 66.7 Å². The number of halogens is 1. The van der Waals surface area contributed by atoms with Gasteiger partial charge in [-0.05, 0) is 61.0 Å². The predicted octanol–water partition coefficient (Wildman–Crippen LogP) is 5.27. The van der Waals surface area contributed by atoms with Gasteiger partial charge in [0.05, 0.1) is 17.6 Å². The number of fused-ring (bicyclic) bond motifs is 3. The maximum absolute atomic E-state index is 12.6. The van der Waals surface area contributed by atoms with E-state index < -0.39 is 0 Å². The van der Waals surface area contributed by atoms with Gasteiger partial charge in [-0.2, -0.15) is 0 Å². The molecule has 0 bridgehead atoms. The lowest BCUT2D eigenvalue weighted by atomic mass is 10.1. The Hall–Kier alpha value is -3.31. The molecule has 4 aromatic rings. The molecular weight excluding hydrogens is 396 g/mol. The zero-order valence-electron chi connectivity index (χ0n) is 16.6. The van der Waals surface area contributed by atoms with E-state index in [2.05, 4.69) is 39.0 Å². The molecule has 1 aliphatic heterocycles. The molecule has 0 saturated carbocycles. The van der Waals surface area contributed by atoms with E-state index in [4.69, 9.17) is 16.6 Å². The number of rotatable bonds is 3. The number of aryl methyl sites for hydroxylation is 1. The molecule has 0 unspecified atom stereocenters. The quantitative estimate of drug-likeness (QED) is 0.495. The number of aromatic nitrogens is 2. The lowest BCUT2D eigenvalue weighted by Crippen LogP contribution is -2.33. The summed E-state index contributed by atoms with van der Waals surface area (Å²) in [5, 5.41) is 3.65. The van der Waals surface area contributed by atoms with E-state index >= 15 is 0 Å². The van der Waals surface area contributed by atoms with Crippen LogP contribution >= 0.6 is 11.6 Å². The Morgan fingerprint density at radius 2 is 1.83 bits per heavy atom. The Bertz CT molecular complexity index is 1250. The number of carbonyl (C=O) groups excluding carboxylic acids is 1. The van der Waals surface area contributed by atoms with Gasteiger partial charge >= 0.3 is 0 Å². The molecule has 1 aromatic heterocycles. The van der Waals surface area contributed by atoms with Crippen LogP contribution in [-0.2, 0) is 13.1 Å². The predicted molar refractivity (Wildman–Crippen MR) is 121 cm³/mol. The molecule has 3 aromatic carbocycles. The van der Waals surface area contributed by atoms with E-state index in [-0.39, 0.29) is 5.91 Å². The molecule has 5 nitrogen and oxygen atoms in total. The summed E-state index contributed by atoms with van der Waals surface area (Å²) < 4.78 is 2.29. The van der Waals surface area contributed by atoms with Crippen LogP contribution in [0.4, 0.5) is 11.4 Å². The summed E-state index contributed by atoms with van der Waals surface area (Å²) in [5.41, 5.74) is 5.71. The average Bonchev–Trinajstić information content (AvgIpc) is 3.13. The van der Waals surface area contributed by atoms with Crippen molar-refractivity contribution < 1.29 is 4.79 Å². The Morgan fingerprint density at radius 1 is 1.03 bits per heavy atom. The van der Waals surface area contributed by atoms with Crippen LogP contribution < -0.4 is 10.2 Å². The van der Waals surface area contributed by atoms with Crippen molar-refractivity contribution in [2.75, 3.05) is 16.8 Å². The van der Waals surface area contributed by atoms with Crippen LogP contribution in [0, 0.1) is 6.92 Å². The largest absolute Gasteiger partial charge is 0.362 e. The van der Waals surface area contributed by atoms with E-state index in [1.165, 1.54) is 5.52 Å². The zero-order valence-corrected chi connectivity index (χ0v) is 17.4. The SMILES string of the molecule is Cc1ccc(N2CCn3c(nc4ccccc43)C2)cc1NC(=O)c1ccc(Cl)cc1. The molecule has 6 heteroatoms. The molecule has 0 atom stereocenters. The van der Waals surface area contributed by atoms with Gasteiger partial charge in [0.2, 0.25) is 0 Å². The number of nitrogens with one attached hydrogen (secondary N) is 1. The molecule has 0 fully saturated rings. The highest BCUT2D eigenvalue weighted by Crippen LogP contribution is 2.28. The molecule has 5 rings (SSSR count). The van der Waals surface area contributed by atoms with Crippen molar-refractivity contribution in [3.8, 4) is 0 Å². The van der Waals surface area contributed by atoms with Gasteiger partial charge in [0.25, 0.3) is 5.91 Å². The Labute approximate surface area is 179 Å². The van der Waals surface area contributed by atoms with Crippen molar-refractivity contribution in [3.05, 3.63) is 88.7 Å². The molecule has 1 aliphatic rings. The zero-order chi connectivity index (χ0) is 20.7. The number of amides is 1. The van der Waals surface area contributed by atoms with Crippen LogP contribution in [0.25, 0.3) is 11.0 Å². The fraction of sp³-hybridized carbons (Fsp3) is 0.167. The summed E-state index contributed by atoms with van der Waals surface area (Å²) in [4.78, 5) is 19.8. The topological polar surface area (TPSA) is 50.2 Å². The van der Waals surface area contributed by atoms with Gasteiger partial charge in [-0.1, -0.05) is 29.8 Å². The summed E-state index contributed by atoms with van der Waals surface area (Å²) in [6.07, 6.45) is 0. The van der Waals surface area contributed by atoms with Gasteiger partial charge in [-0.25, -0.2) is 4.98 Å². The summed E-state index contributed by atoms with van der Waals surface area (Å²) in [5.74, 6) is 0.919. The molecule has 0 saturated heterocycles. The third-order valence-electron chi connectivity index (χ3n) is 5.60. The molecule has 150 valence electrons. The van der Waals surface area contributed by atoms with Crippen LogP contribution in [0.1, 0.15) is 21.7 Å². The molecule has 30 heavy (non-hydrogen) atoms. The number of benzene rings is 3. The van der Waals surface area contributed by atoms with Crippen LogP contribution in [0.3, 0.4) is 0 Å². The van der Waals surface area contributed by atoms with Gasteiger partial charge in [-0.3, -0.25) is 4.79 Å². The second kappa shape index (κ2) is 7.50. The highest BCUT2D eigenvalue weighted by Gasteiger charge is 2.21. The van der Waals surface area contributed by atoms with E-state index in [9.17, 15) is 4.79 Å². The normalized spacial score (nSPS) is 13.3. The van der Waals surface area contributed by atoms with Gasteiger partial charge in [0, 0.05) is 35.1 Å². The third-order valence-corrected chi connectivity index (χ3v) is 5.85. The molecule has 2 heterocycles. The third kappa shape index (κ3) is 3.42. The molecule has 1 amide bonds. The first-order chi connectivity index (χ1) is 14.6. The Morgan fingerprint density at radius 3 is 2.67 bits per heavy atom. The van der Waals surface area contributed by atoms with E-state index in [0.29, 0.717) is 10.6 Å². The number of hydrogen-bond donors (Lipinski definition) is 1. The number of nitrogens with zero attached hydrogens (tertiary/aromatic N) is 3. The smallest absolute Gasteiger partial charge is 0.255 e. The van der Waals surface area contributed by atoms with Crippen LogP contribution in [0.2, 0.25) is 5.02 Å². The minimum absolute atomic E-state index is 0.146. The number of hydrogen-bond acceptors (Lipinski definition) is 3. The van der Waals surface area contributed by atoms with Crippen molar-refractivity contribution in [2.45, 2.75) is 20.0 Å². The first kappa shape index (κ1) is 18.7. The van der Waals surface area contributed by atoms with Gasteiger partial charge in [-0.15, -0.1) is 0 Å². The summed E-state index contributed by atoms with van der Waals surface area (Å²) in [7, 11) is 0. The number of para-hydroxylation sites is 2. The standard InChI is InChI=1S/C24H21ClN4O/c1-16-6-11-19(14-21(16)27-24(30)17-7-9-18(25)10-8-17)28-12-13-29-22-5-3-2-4-20(22)26-23(29)15-28/h2-11,14H,12-13,15H2,1H3,(H,27,30). The van der Waals surface area contributed by atoms with Gasteiger partial charge < -0.3 is 14.8 Å². The van der Waals surface area contributed by atoms with Crippen molar-refractivity contribution in [1.82, 2.24) is 9.55 Å². The van der Waals surface area contributed by atoms with Crippen molar-refractivity contribution in [2.24, 2.45) is 0 Å². The lowest BCUT2D eigenvalue weighted by molar-refractivity contribution is 0.102. The summed E-state index contributed by atoms with van der Waals surface area (Å²) >= 11 is 5.93. The lowest BCUT2D eigenvalue weighted by Gasteiger charge is -2.30. The van der Waals surface area contributed by atoms with Crippen molar-refractivity contribution in [1.29, 1.82) is 0 Å². The minimum Gasteiger partial charge on any atom is -0.362 e. The average molecular weight is 417 g/mol. The van der Waals surface area contributed by atoms with E-state index in [1.54, 1.807) is 24.3 Å². The van der Waals surface area contributed by atoms with Crippen molar-refractivity contribution >= 4 is 39.9 Å². The second-order valence-electron chi connectivity index (χ2n) is 7.55. The summed E-state index contributed by atoms with van der Waals surface area (Å²) in [6, 6.07) is 21.3. The van der Waals surface area contributed by atoms with Crippen LogP contribution in [-0.4, -0.2) is 22.0 Å². The fourth-order valence-corrected chi connectivity index (χ4v) is 4.05. The number of carbonyl (C=O) groups is 1. The molecule has 0 aliphatic carbocycles. The Kier molecular flexibility index (Phi) is 4.68. The van der Waals surface area contributed by atoms with Gasteiger partial charge in [0.1, 0.15) is 5.82 Å². The maximum atomic E-state index is 12.6. The van der Waals surface area contributed by atoms with Gasteiger partial charge in [0.15, 0.2) is 0 Å². The molecular formula is C24H21ClN4O. The van der Waals surface area contributed by atoms with Crippen LogP contribution in [0.5, 0.6) is 0 Å². The molecule has 0 radical (unpaired) electrons. The van der Waals surface area contributed by atoms with E-state index in [0.717, 1.165) is 47.9 Å². The maximum Gasteiger partial charge on any atom is 0.255 e. The van der Waals surface area contributed by atoms with Crippen molar-refractivity contribution in [3.63, 3.8) is 0 Å². The minimum atomic E-state index is -0.146. The number of imidazole rings is 1. The van der Waals surface area contributed by atoms with E-state index in [1.807, 2.05) is 25.1 Å². The first-order valence-electron chi connectivity index (χ1n) is 9.95. The molecule has 0 spiro atoms. The fourth-order valence-electron chi connectivity index (χ4n) is 3.92. The number of anilines is 2. The second-order valence-corrected chi connectivity index (χ2v) is 7.99. The summed E-state index contributed by atoms with van der Waals surface area (Å²) in [6.45, 7) is 4.51. The highest BCUT2D eigenvalue weighted by molar-refractivity contribution is 6.30. The highest BCUT2D eigenvalue weighted by atomic mass is 35.5. The first-order valence-corrected chi connectivity index (χ1v) is 10.3.